The Labute approximate surface area is 67.3 Å². The average molecular weight is 180 g/mol. The van der Waals surface area contributed by atoms with E-state index in [1.807, 2.05) is 0 Å². The summed E-state index contributed by atoms with van der Waals surface area (Å²) in [5, 5.41) is 0.730. The van der Waals surface area contributed by atoms with Gasteiger partial charge >= 0.3 is 0 Å². The average Bonchev–Trinajstić information content (AvgIpc) is 1.69. The maximum Gasteiger partial charge on any atom is 0.00168 e. The third-order valence-corrected chi connectivity index (χ3v) is 2.09. The third-order valence-electron chi connectivity index (χ3n) is 1.57. The molecule has 0 atom stereocenters. The largest absolute Gasteiger partial charge is 0.176 e. The molecule has 2 heteroatoms. The van der Waals surface area contributed by atoms with E-state index in [-0.39, 0.29) is 17.1 Å². The fourth-order valence-corrected chi connectivity index (χ4v) is 1.45. The summed E-state index contributed by atoms with van der Waals surface area (Å²) >= 11 is 4.36. The topological polar surface area (TPSA) is 0 Å². The second-order valence-electron chi connectivity index (χ2n) is 2.29. The van der Waals surface area contributed by atoms with Gasteiger partial charge in [-0.1, -0.05) is 19.3 Å². The second kappa shape index (κ2) is 4.72. The van der Waals surface area contributed by atoms with Crippen LogP contribution in [0.5, 0.6) is 0 Å². The van der Waals surface area contributed by atoms with E-state index >= 15 is 0 Å². The smallest absolute Gasteiger partial charge is 0.00168 e. The molecule has 1 aliphatic rings. The molecule has 53 valence electrons. The summed E-state index contributed by atoms with van der Waals surface area (Å²) in [7, 11) is 0. The quantitative estimate of drug-likeness (QED) is 0.428. The van der Waals surface area contributed by atoms with Gasteiger partial charge in [-0.15, -0.1) is 0 Å². The van der Waals surface area contributed by atoms with Gasteiger partial charge in [0.15, 0.2) is 0 Å². The van der Waals surface area contributed by atoms with Crippen LogP contribution in [-0.4, -0.2) is 5.25 Å². The molecule has 0 N–H and O–H groups in total. The van der Waals surface area contributed by atoms with Gasteiger partial charge in [0, 0.05) is 22.3 Å². The first kappa shape index (κ1) is 8.87. The Kier molecular flexibility index (Phi) is 5.23. The fourth-order valence-electron chi connectivity index (χ4n) is 1.08. The van der Waals surface area contributed by atoms with E-state index in [1.54, 1.807) is 0 Å². The third kappa shape index (κ3) is 3.01. The Hall–Kier alpha value is 0.869. The molecule has 0 heterocycles. The summed E-state index contributed by atoms with van der Waals surface area (Å²) in [5.41, 5.74) is 0. The molecule has 8 heavy (non-hydrogen) atoms. The minimum atomic E-state index is 0. The predicted octanol–water partition coefficient (Wildman–Crippen LogP) is 2.25. The van der Waals surface area contributed by atoms with Crippen molar-refractivity contribution < 1.29 is 17.1 Å². The molecule has 0 unspecified atom stereocenters. The van der Waals surface area contributed by atoms with Crippen molar-refractivity contribution in [1.82, 2.24) is 0 Å². The second-order valence-corrected chi connectivity index (χ2v) is 3.02. The van der Waals surface area contributed by atoms with Crippen LogP contribution in [0, 0.1) is 0 Å². The molecular weight excluding hydrogens is 168 g/mol. The SMILES string of the molecule is SC1CCCCC1.[Cu]. The van der Waals surface area contributed by atoms with Crippen molar-refractivity contribution in [2.75, 3.05) is 0 Å². The van der Waals surface area contributed by atoms with Crippen LogP contribution >= 0.6 is 12.6 Å². The summed E-state index contributed by atoms with van der Waals surface area (Å²) in [4.78, 5) is 0. The monoisotopic (exact) mass is 179 g/mol. The first-order chi connectivity index (χ1) is 3.39. The Bertz CT molecular complexity index is 50.5. The molecule has 1 rings (SSSR count). The minimum Gasteiger partial charge on any atom is -0.176 e. The van der Waals surface area contributed by atoms with Crippen molar-refractivity contribution in [2.45, 2.75) is 37.4 Å². The number of hydrogen-bond donors (Lipinski definition) is 1. The van der Waals surface area contributed by atoms with Gasteiger partial charge in [0.05, 0.1) is 0 Å². The molecule has 0 spiro atoms. The van der Waals surface area contributed by atoms with E-state index in [1.165, 1.54) is 32.1 Å². The molecule has 0 saturated heterocycles. The molecule has 1 fully saturated rings. The zero-order valence-electron chi connectivity index (χ0n) is 4.86. The van der Waals surface area contributed by atoms with Gasteiger partial charge in [0.1, 0.15) is 0 Å². The minimum absolute atomic E-state index is 0. The maximum atomic E-state index is 4.36. The number of thiol groups is 1. The van der Waals surface area contributed by atoms with E-state index in [9.17, 15) is 0 Å². The van der Waals surface area contributed by atoms with E-state index in [4.69, 9.17) is 0 Å². The molecule has 1 saturated carbocycles. The van der Waals surface area contributed by atoms with E-state index in [0.29, 0.717) is 0 Å². The molecule has 0 bridgehead atoms. The summed E-state index contributed by atoms with van der Waals surface area (Å²) in [6, 6.07) is 0. The van der Waals surface area contributed by atoms with Gasteiger partial charge in [-0.05, 0) is 12.8 Å². The zero-order valence-corrected chi connectivity index (χ0v) is 6.70. The molecule has 1 radical (unpaired) electrons. The maximum absolute atomic E-state index is 4.36. The molecule has 0 aromatic carbocycles. The van der Waals surface area contributed by atoms with Gasteiger partial charge in [0.2, 0.25) is 0 Å². The van der Waals surface area contributed by atoms with E-state index in [0.717, 1.165) is 5.25 Å². The van der Waals surface area contributed by atoms with Crippen molar-refractivity contribution in [3.63, 3.8) is 0 Å². The van der Waals surface area contributed by atoms with Crippen molar-refractivity contribution in [1.29, 1.82) is 0 Å². The van der Waals surface area contributed by atoms with Crippen molar-refractivity contribution in [3.05, 3.63) is 0 Å². The van der Waals surface area contributed by atoms with Crippen LogP contribution in [0.15, 0.2) is 0 Å². The Morgan fingerprint density at radius 3 is 1.75 bits per heavy atom. The van der Waals surface area contributed by atoms with E-state index in [2.05, 4.69) is 12.6 Å². The van der Waals surface area contributed by atoms with Gasteiger partial charge in [-0.25, -0.2) is 0 Å². The molecular formula is C6H12CuS. The van der Waals surface area contributed by atoms with Gasteiger partial charge in [-0.2, -0.15) is 12.6 Å². The van der Waals surface area contributed by atoms with Crippen LogP contribution in [-0.2, 0) is 17.1 Å². The molecule has 0 aromatic heterocycles. The molecule has 1 aliphatic carbocycles. The van der Waals surface area contributed by atoms with Crippen molar-refractivity contribution >= 4 is 12.6 Å². The first-order valence-electron chi connectivity index (χ1n) is 3.07. The zero-order chi connectivity index (χ0) is 5.11. The van der Waals surface area contributed by atoms with Crippen LogP contribution in [0.2, 0.25) is 0 Å². The molecule has 0 amide bonds. The standard InChI is InChI=1S/C6H12S.Cu/c7-6-4-2-1-3-5-6;/h6-7H,1-5H2;. The van der Waals surface area contributed by atoms with Crippen molar-refractivity contribution in [2.24, 2.45) is 0 Å². The Morgan fingerprint density at radius 2 is 1.50 bits per heavy atom. The molecule has 0 aromatic rings. The van der Waals surface area contributed by atoms with Gasteiger partial charge in [0.25, 0.3) is 0 Å². The predicted molar refractivity (Wildman–Crippen MR) is 35.9 cm³/mol. The summed E-state index contributed by atoms with van der Waals surface area (Å²) in [6.07, 6.45) is 6.96. The molecule has 0 aliphatic heterocycles. The Morgan fingerprint density at radius 1 is 1.00 bits per heavy atom. The van der Waals surface area contributed by atoms with Crippen LogP contribution in [0.4, 0.5) is 0 Å². The summed E-state index contributed by atoms with van der Waals surface area (Å²) in [6.45, 7) is 0. The Balaban J connectivity index is 0.000000490. The van der Waals surface area contributed by atoms with Crippen LogP contribution in [0.25, 0.3) is 0 Å². The van der Waals surface area contributed by atoms with Gasteiger partial charge in [-0.3, -0.25) is 0 Å². The van der Waals surface area contributed by atoms with Crippen molar-refractivity contribution in [3.8, 4) is 0 Å². The summed E-state index contributed by atoms with van der Waals surface area (Å²) < 4.78 is 0. The normalized spacial score (nSPS) is 22.1. The van der Waals surface area contributed by atoms with Crippen LogP contribution < -0.4 is 0 Å². The van der Waals surface area contributed by atoms with Crippen LogP contribution in [0.3, 0.4) is 0 Å². The summed E-state index contributed by atoms with van der Waals surface area (Å²) in [5.74, 6) is 0. The fraction of sp³-hybridized carbons (Fsp3) is 1.00. The van der Waals surface area contributed by atoms with Gasteiger partial charge < -0.3 is 0 Å². The number of hydrogen-bond acceptors (Lipinski definition) is 1. The number of rotatable bonds is 0. The first-order valence-corrected chi connectivity index (χ1v) is 3.59. The molecule has 0 nitrogen and oxygen atoms in total. The van der Waals surface area contributed by atoms with Crippen LogP contribution in [0.1, 0.15) is 32.1 Å². The van der Waals surface area contributed by atoms with E-state index < -0.39 is 0 Å².